The zero-order valence-corrected chi connectivity index (χ0v) is 51.7. The van der Waals surface area contributed by atoms with Gasteiger partial charge in [0.05, 0.1) is 49.2 Å². The number of piperidine rings is 1. The number of aliphatic hydroxyl groups is 1. The van der Waals surface area contributed by atoms with Gasteiger partial charge in [0.1, 0.15) is 29.2 Å². The number of ether oxygens (including phenoxy) is 1. The van der Waals surface area contributed by atoms with Crippen LogP contribution >= 0.6 is 22.9 Å². The number of carbonyl (C=O) groups excluding carboxylic acids is 5. The number of aromatic nitrogens is 3. The minimum absolute atomic E-state index is 0.0272. The van der Waals surface area contributed by atoms with Crippen LogP contribution in [-0.4, -0.2) is 111 Å². The van der Waals surface area contributed by atoms with Crippen LogP contribution in [0.3, 0.4) is 0 Å². The fraction of sp³-hybridized carbons (Fsp3) is 0.531. The maximum absolute atomic E-state index is 14.2. The third kappa shape index (κ3) is 16.9. The molecule has 4 heterocycles. The summed E-state index contributed by atoms with van der Waals surface area (Å²) in [5.41, 5.74) is 8.54. The molecule has 2 aliphatic heterocycles. The monoisotopic (exact) mass is 1180 g/mol. The summed E-state index contributed by atoms with van der Waals surface area (Å²) in [4.78, 5) is 85.8. The molecular formula is C64H83ClN6O9S2. The second-order valence-corrected chi connectivity index (χ2v) is 27.7. The van der Waals surface area contributed by atoms with Crippen molar-refractivity contribution >= 4 is 62.1 Å². The van der Waals surface area contributed by atoms with Gasteiger partial charge in [-0.2, -0.15) is 0 Å². The summed E-state index contributed by atoms with van der Waals surface area (Å²) in [7, 11) is -3.53. The van der Waals surface area contributed by atoms with Gasteiger partial charge in [0.15, 0.2) is 9.84 Å². The molecule has 15 nitrogen and oxygen atoms in total. The number of β-amino-alcohol motifs (C(OH)–C–C–N with tert-alkyl or cyclic N) is 1. The molecule has 2 N–H and O–H groups in total. The standard InChI is InChI=1S/C64H83ClN6O9S2/c1-40(2)80-57-35-52(42(5)30-48(57)32-59-66-37-54(65)55(69-59)31-47-16-13-14-20-58(47)82(78,79)41(3)4)45-26-28-70(29-27-45)60(75)21-15-19-49(72)17-11-10-12-18-50(73)33-53(64(7,8)9)63(77)71-38-51(74)34-56(71)62(76)67-36-44-22-24-46(25-23-44)61-43(6)68-39-81-61/h13-14,16,20,22-25,30,35,37,39-41,45,51,53,56,74H,10-12,15,17-19,21,26-29,31-34,36,38H2,1-9H3,(H,67,76)/t51-,53-,56+/m1/s1. The van der Waals surface area contributed by atoms with Crippen molar-refractivity contribution in [1.29, 1.82) is 0 Å². The molecule has 0 radical (unpaired) electrons. The molecule has 7 rings (SSSR count). The quantitative estimate of drug-likeness (QED) is 0.0496. The molecule has 3 atom stereocenters. The second-order valence-electron chi connectivity index (χ2n) is 24.0. The molecule has 3 amide bonds. The van der Waals surface area contributed by atoms with Crippen LogP contribution < -0.4 is 10.1 Å². The number of likely N-dealkylation sites (tertiary alicyclic amines) is 2. The van der Waals surface area contributed by atoms with E-state index in [1.165, 1.54) is 10.5 Å². The van der Waals surface area contributed by atoms with Gasteiger partial charge < -0.3 is 25.0 Å². The van der Waals surface area contributed by atoms with E-state index < -0.39 is 38.6 Å². The van der Waals surface area contributed by atoms with E-state index in [1.54, 1.807) is 49.6 Å². The molecular weight excluding hydrogens is 1100 g/mol. The lowest BCUT2D eigenvalue weighted by molar-refractivity contribution is -0.146. The first-order chi connectivity index (χ1) is 38.9. The van der Waals surface area contributed by atoms with Crippen LogP contribution in [0.4, 0.5) is 0 Å². The molecule has 2 saturated heterocycles. The number of hydrogen-bond donors (Lipinski definition) is 2. The topological polar surface area (TPSA) is 206 Å². The van der Waals surface area contributed by atoms with E-state index in [-0.39, 0.29) is 85.0 Å². The Hall–Kier alpha value is -5.88. The number of thiazole rings is 1. The van der Waals surface area contributed by atoms with Crippen molar-refractivity contribution in [3.63, 3.8) is 0 Å². The number of carbonyl (C=O) groups is 5. The van der Waals surface area contributed by atoms with Gasteiger partial charge in [-0.05, 0) is 125 Å². The average Bonchev–Trinajstić information content (AvgIpc) is 4.21. The second kappa shape index (κ2) is 28.6. The molecule has 0 saturated carbocycles. The van der Waals surface area contributed by atoms with Crippen LogP contribution in [0, 0.1) is 25.2 Å². The number of aryl methyl sites for hydroxylation is 2. The van der Waals surface area contributed by atoms with Crippen molar-refractivity contribution in [3.05, 3.63) is 122 Å². The summed E-state index contributed by atoms with van der Waals surface area (Å²) < 4.78 is 32.8. The molecule has 18 heteroatoms. The van der Waals surface area contributed by atoms with Crippen molar-refractivity contribution in [2.75, 3.05) is 19.6 Å². The Morgan fingerprint density at radius 3 is 2.20 bits per heavy atom. The molecule has 3 aromatic carbocycles. The molecule has 0 bridgehead atoms. The smallest absolute Gasteiger partial charge is 0.243 e. The van der Waals surface area contributed by atoms with Crippen molar-refractivity contribution < 1.29 is 42.2 Å². The van der Waals surface area contributed by atoms with Crippen LogP contribution in [-0.2, 0) is 53.2 Å². The molecule has 82 heavy (non-hydrogen) atoms. The van der Waals surface area contributed by atoms with E-state index in [0.29, 0.717) is 86.6 Å². The van der Waals surface area contributed by atoms with E-state index in [0.717, 1.165) is 51.4 Å². The van der Waals surface area contributed by atoms with Crippen LogP contribution in [0.5, 0.6) is 5.75 Å². The Morgan fingerprint density at radius 2 is 1.54 bits per heavy atom. The third-order valence-corrected chi connectivity index (χ3v) is 19.4. The number of amides is 3. The molecule has 0 unspecified atom stereocenters. The van der Waals surface area contributed by atoms with Crippen molar-refractivity contribution in [1.82, 2.24) is 30.1 Å². The zero-order valence-electron chi connectivity index (χ0n) is 49.3. The van der Waals surface area contributed by atoms with Crippen molar-refractivity contribution in [2.24, 2.45) is 11.3 Å². The van der Waals surface area contributed by atoms with E-state index in [1.807, 2.05) is 82.3 Å². The first-order valence-electron chi connectivity index (χ1n) is 29.1. The fourth-order valence-electron chi connectivity index (χ4n) is 11.1. The highest BCUT2D eigenvalue weighted by Gasteiger charge is 2.44. The van der Waals surface area contributed by atoms with E-state index in [9.17, 15) is 37.5 Å². The Bertz CT molecular complexity index is 3170. The van der Waals surface area contributed by atoms with Gasteiger partial charge in [-0.3, -0.25) is 24.0 Å². The Morgan fingerprint density at radius 1 is 0.854 bits per heavy atom. The highest BCUT2D eigenvalue weighted by molar-refractivity contribution is 7.92. The lowest BCUT2D eigenvalue weighted by Crippen LogP contribution is -2.50. The van der Waals surface area contributed by atoms with E-state index in [2.05, 4.69) is 34.3 Å². The van der Waals surface area contributed by atoms with Crippen LogP contribution in [0.1, 0.15) is 176 Å². The average molecular weight is 1180 g/mol. The number of nitrogens with zero attached hydrogens (tertiary/aromatic N) is 5. The number of sulfone groups is 1. The van der Waals surface area contributed by atoms with Crippen LogP contribution in [0.15, 0.2) is 77.3 Å². The zero-order chi connectivity index (χ0) is 59.5. The number of halogens is 1. The number of Topliss-reactive ketones (excluding diaryl/α,β-unsaturated/α-hetero) is 2. The molecule has 5 aromatic rings. The number of ketones is 2. The molecule has 0 spiro atoms. The lowest BCUT2D eigenvalue weighted by Gasteiger charge is -2.34. The molecule has 2 aromatic heterocycles. The highest BCUT2D eigenvalue weighted by atomic mass is 35.5. The van der Waals surface area contributed by atoms with Crippen LogP contribution in [0.2, 0.25) is 5.02 Å². The number of benzene rings is 3. The maximum atomic E-state index is 14.2. The first-order valence-corrected chi connectivity index (χ1v) is 31.9. The van der Waals surface area contributed by atoms with Crippen molar-refractivity contribution in [2.45, 2.75) is 193 Å². The summed E-state index contributed by atoms with van der Waals surface area (Å²) in [5, 5.41) is 13.4. The summed E-state index contributed by atoms with van der Waals surface area (Å²) >= 11 is 8.19. The molecule has 2 aliphatic rings. The maximum Gasteiger partial charge on any atom is 0.243 e. The van der Waals surface area contributed by atoms with Crippen molar-refractivity contribution in [3.8, 4) is 16.2 Å². The molecule has 2 fully saturated rings. The largest absolute Gasteiger partial charge is 0.491 e. The molecule has 0 aliphatic carbocycles. The minimum atomic E-state index is -3.53. The minimum Gasteiger partial charge on any atom is -0.491 e. The first kappa shape index (κ1) is 63.7. The number of aliphatic hydroxyl groups excluding tert-OH is 1. The Kier molecular flexibility index (Phi) is 22.2. The Labute approximate surface area is 494 Å². The number of nitrogens with one attached hydrogen (secondary N) is 1. The predicted octanol–water partition coefficient (Wildman–Crippen LogP) is 11.3. The highest BCUT2D eigenvalue weighted by Crippen LogP contribution is 2.38. The van der Waals surface area contributed by atoms with E-state index >= 15 is 0 Å². The van der Waals surface area contributed by atoms with Gasteiger partial charge in [-0.15, -0.1) is 11.3 Å². The van der Waals surface area contributed by atoms with Crippen LogP contribution in [0.25, 0.3) is 10.4 Å². The molecule has 442 valence electrons. The van der Waals surface area contributed by atoms with Gasteiger partial charge in [0, 0.05) is 95.2 Å². The van der Waals surface area contributed by atoms with Gasteiger partial charge in [0.25, 0.3) is 0 Å². The Balaban J connectivity index is 0.818. The summed E-state index contributed by atoms with van der Waals surface area (Å²) in [5.74, 6) is 0.296. The summed E-state index contributed by atoms with van der Waals surface area (Å²) in [6, 6.07) is 18.3. The number of rotatable bonds is 26. The van der Waals surface area contributed by atoms with Gasteiger partial charge in [0.2, 0.25) is 17.7 Å². The summed E-state index contributed by atoms with van der Waals surface area (Å²) in [6.45, 7) is 18.7. The lowest BCUT2D eigenvalue weighted by atomic mass is 9.76. The SMILES string of the molecule is Cc1cc(Cc2ncc(Cl)c(Cc3ccccc3S(=O)(=O)C(C)C)n2)c(OC(C)C)cc1C1CCN(C(=O)CCCC(=O)CCCCCC(=O)C[C@H](C(=O)N2C[C@H](O)C[C@H]2C(=O)NCc2ccc(-c3scnc3C)cc2)C(C)(C)C)CC1. The number of unbranched alkanes of at least 4 members (excludes halogenated alkanes) is 2. The predicted molar refractivity (Wildman–Crippen MR) is 322 cm³/mol. The van der Waals surface area contributed by atoms with E-state index in [4.69, 9.17) is 21.3 Å². The van der Waals surface area contributed by atoms with Gasteiger partial charge >= 0.3 is 0 Å². The van der Waals surface area contributed by atoms with Gasteiger partial charge in [-0.25, -0.2) is 23.4 Å². The third-order valence-electron chi connectivity index (χ3n) is 15.9. The fourth-order valence-corrected chi connectivity index (χ4v) is 13.4. The normalized spacial score (nSPS) is 16.5. The summed E-state index contributed by atoms with van der Waals surface area (Å²) in [6.07, 6.45) is 6.68. The van der Waals surface area contributed by atoms with Gasteiger partial charge in [-0.1, -0.05) is 87.3 Å². The number of hydrogen-bond acceptors (Lipinski definition) is 13.